The number of amides is 1. The highest BCUT2D eigenvalue weighted by Crippen LogP contribution is 2.27. The zero-order chi connectivity index (χ0) is 16.1. The number of hydrogen-bond donors (Lipinski definition) is 1. The molecule has 22 heavy (non-hydrogen) atoms. The van der Waals surface area contributed by atoms with Crippen LogP contribution in [-0.4, -0.2) is 29.4 Å². The minimum atomic E-state index is -0.451. The van der Waals surface area contributed by atoms with E-state index in [9.17, 15) is 9.18 Å². The van der Waals surface area contributed by atoms with E-state index in [1.165, 1.54) is 19.2 Å². The molecule has 7 heteroatoms. The predicted octanol–water partition coefficient (Wildman–Crippen LogP) is 2.28. The van der Waals surface area contributed by atoms with Gasteiger partial charge in [0, 0.05) is 7.05 Å². The smallest absolute Gasteiger partial charge is 0.236 e. The Morgan fingerprint density at radius 2 is 2.14 bits per heavy atom. The van der Waals surface area contributed by atoms with Crippen molar-refractivity contribution >= 4 is 11.6 Å². The number of hydrogen-bond acceptors (Lipinski definition) is 4. The molecule has 0 aliphatic carbocycles. The molecule has 1 aromatic heterocycles. The summed E-state index contributed by atoms with van der Waals surface area (Å²) >= 11 is 0. The van der Waals surface area contributed by atoms with Crippen LogP contribution in [-0.2, 0) is 11.8 Å². The number of nitrogens with zero attached hydrogens (tertiary/aromatic N) is 2. The van der Waals surface area contributed by atoms with Crippen LogP contribution in [0, 0.1) is 12.7 Å². The minimum Gasteiger partial charge on any atom is -0.490 e. The normalized spacial score (nSPS) is 10.4. The van der Waals surface area contributed by atoms with Crippen LogP contribution in [0.1, 0.15) is 12.1 Å². The predicted molar refractivity (Wildman–Crippen MR) is 79.6 cm³/mol. The molecule has 0 saturated heterocycles. The van der Waals surface area contributed by atoms with Crippen molar-refractivity contribution in [1.82, 2.24) is 9.78 Å². The largest absolute Gasteiger partial charge is 0.490 e. The third-order valence-corrected chi connectivity index (χ3v) is 3.05. The first kappa shape index (κ1) is 15.8. The lowest BCUT2D eigenvalue weighted by Crippen LogP contribution is -2.16. The van der Waals surface area contributed by atoms with E-state index < -0.39 is 5.82 Å². The molecule has 1 N–H and O–H groups in total. The van der Waals surface area contributed by atoms with Gasteiger partial charge in [-0.15, -0.1) is 0 Å². The lowest BCUT2D eigenvalue weighted by atomic mass is 10.3. The summed E-state index contributed by atoms with van der Waals surface area (Å²) in [4.78, 5) is 11.9. The Morgan fingerprint density at radius 1 is 1.41 bits per heavy atom. The van der Waals surface area contributed by atoms with Crippen molar-refractivity contribution < 1.29 is 18.7 Å². The Morgan fingerprint density at radius 3 is 2.82 bits per heavy atom. The Labute approximate surface area is 127 Å². The van der Waals surface area contributed by atoms with Crippen molar-refractivity contribution in [2.45, 2.75) is 13.3 Å². The van der Waals surface area contributed by atoms with Crippen LogP contribution >= 0.6 is 0 Å². The number of methoxy groups -OCH3 is 1. The molecule has 118 valence electrons. The first-order chi connectivity index (χ1) is 10.5. The van der Waals surface area contributed by atoms with Gasteiger partial charge in [0.25, 0.3) is 0 Å². The van der Waals surface area contributed by atoms with Gasteiger partial charge in [-0.25, -0.2) is 9.07 Å². The molecule has 0 fully saturated rings. The summed E-state index contributed by atoms with van der Waals surface area (Å²) < 4.78 is 25.3. The molecule has 0 spiro atoms. The average molecular weight is 307 g/mol. The molecule has 2 aromatic rings. The fraction of sp³-hybridized carbons (Fsp3) is 0.333. The quantitative estimate of drug-likeness (QED) is 0.889. The molecule has 0 radical (unpaired) electrons. The van der Waals surface area contributed by atoms with E-state index in [4.69, 9.17) is 9.47 Å². The Balaban J connectivity index is 1.90. The molecule has 1 heterocycles. The lowest BCUT2D eigenvalue weighted by molar-refractivity contribution is -0.116. The Hall–Kier alpha value is -2.57. The summed E-state index contributed by atoms with van der Waals surface area (Å²) in [6, 6.07) is 6.06. The maximum atomic E-state index is 13.4. The number of ether oxygens (including phenoxy) is 2. The van der Waals surface area contributed by atoms with Gasteiger partial charge in [0.2, 0.25) is 11.8 Å². The number of para-hydroxylation sites is 1. The highest BCUT2D eigenvalue weighted by molar-refractivity contribution is 5.92. The van der Waals surface area contributed by atoms with Gasteiger partial charge in [-0.2, -0.15) is 5.10 Å². The van der Waals surface area contributed by atoms with Gasteiger partial charge < -0.3 is 14.8 Å². The van der Waals surface area contributed by atoms with Crippen molar-refractivity contribution in [1.29, 1.82) is 0 Å². The summed E-state index contributed by atoms with van der Waals surface area (Å²) in [7, 11) is 3.23. The molecule has 2 rings (SSSR count). The number of halogens is 1. The standard InChI is InChI=1S/C15H18FN3O3/c1-10-14(15(21-3)19(2)18-10)17-13(20)8-9-22-12-7-5-4-6-11(12)16/h4-7H,8-9H2,1-3H3,(H,17,20). The Kier molecular flexibility index (Phi) is 4.98. The van der Waals surface area contributed by atoms with Gasteiger partial charge in [-0.05, 0) is 19.1 Å². The topological polar surface area (TPSA) is 65.4 Å². The molecule has 1 amide bonds. The molecule has 0 bridgehead atoms. The van der Waals surface area contributed by atoms with Crippen LogP contribution in [0.25, 0.3) is 0 Å². The minimum absolute atomic E-state index is 0.0778. The van der Waals surface area contributed by atoms with E-state index in [0.717, 1.165) is 0 Å². The molecule has 0 unspecified atom stereocenters. The van der Waals surface area contributed by atoms with E-state index in [2.05, 4.69) is 10.4 Å². The number of benzene rings is 1. The molecule has 0 aliphatic rings. The van der Waals surface area contributed by atoms with Crippen LogP contribution in [0.2, 0.25) is 0 Å². The second-order valence-electron chi connectivity index (χ2n) is 4.67. The molecular formula is C15H18FN3O3. The Bertz CT molecular complexity index is 670. The first-order valence-corrected chi connectivity index (χ1v) is 6.77. The summed E-state index contributed by atoms with van der Waals surface area (Å²) in [6.07, 6.45) is 0.0891. The monoisotopic (exact) mass is 307 g/mol. The number of carbonyl (C=O) groups excluding carboxylic acids is 1. The van der Waals surface area contributed by atoms with Gasteiger partial charge in [-0.1, -0.05) is 12.1 Å². The van der Waals surface area contributed by atoms with E-state index in [1.54, 1.807) is 30.8 Å². The van der Waals surface area contributed by atoms with Gasteiger partial charge in [-0.3, -0.25) is 4.79 Å². The summed E-state index contributed by atoms with van der Waals surface area (Å²) in [5.74, 6) is -0.107. The number of rotatable bonds is 6. The molecule has 1 aromatic carbocycles. The maximum absolute atomic E-state index is 13.4. The maximum Gasteiger partial charge on any atom is 0.236 e. The van der Waals surface area contributed by atoms with Gasteiger partial charge in [0.1, 0.15) is 5.69 Å². The fourth-order valence-corrected chi connectivity index (χ4v) is 2.03. The number of nitrogens with one attached hydrogen (secondary N) is 1. The third-order valence-electron chi connectivity index (χ3n) is 3.05. The summed E-state index contributed by atoms with van der Waals surface area (Å²) in [5.41, 5.74) is 1.18. The van der Waals surface area contributed by atoms with E-state index >= 15 is 0 Å². The number of aromatic nitrogens is 2. The van der Waals surface area contributed by atoms with Crippen LogP contribution in [0.15, 0.2) is 24.3 Å². The van der Waals surface area contributed by atoms with Gasteiger partial charge in [0.15, 0.2) is 11.6 Å². The zero-order valence-electron chi connectivity index (χ0n) is 12.7. The molecule has 6 nitrogen and oxygen atoms in total. The average Bonchev–Trinajstić information content (AvgIpc) is 2.74. The van der Waals surface area contributed by atoms with Crippen LogP contribution < -0.4 is 14.8 Å². The van der Waals surface area contributed by atoms with Crippen LogP contribution in [0.4, 0.5) is 10.1 Å². The SMILES string of the molecule is COc1c(NC(=O)CCOc2ccccc2F)c(C)nn1C. The first-order valence-electron chi connectivity index (χ1n) is 6.77. The highest BCUT2D eigenvalue weighted by atomic mass is 19.1. The van der Waals surface area contributed by atoms with Crippen LogP contribution in [0.3, 0.4) is 0 Å². The number of carbonyl (C=O) groups is 1. The molecule has 0 aliphatic heterocycles. The van der Waals surface area contributed by atoms with Gasteiger partial charge >= 0.3 is 0 Å². The number of aryl methyl sites for hydroxylation is 2. The van der Waals surface area contributed by atoms with E-state index in [-0.39, 0.29) is 24.7 Å². The van der Waals surface area contributed by atoms with Crippen LogP contribution in [0.5, 0.6) is 11.6 Å². The summed E-state index contributed by atoms with van der Waals surface area (Å²) in [6.45, 7) is 1.85. The fourth-order valence-electron chi connectivity index (χ4n) is 2.03. The summed E-state index contributed by atoms with van der Waals surface area (Å²) in [5, 5.41) is 6.90. The van der Waals surface area contributed by atoms with Gasteiger partial charge in [0.05, 0.1) is 25.8 Å². The van der Waals surface area contributed by atoms with Crippen molar-refractivity contribution in [2.75, 3.05) is 19.0 Å². The van der Waals surface area contributed by atoms with Crippen molar-refractivity contribution in [3.8, 4) is 11.6 Å². The second kappa shape index (κ2) is 6.93. The van der Waals surface area contributed by atoms with Crippen molar-refractivity contribution in [3.05, 3.63) is 35.8 Å². The lowest BCUT2D eigenvalue weighted by Gasteiger charge is -2.09. The van der Waals surface area contributed by atoms with E-state index in [1.807, 2.05) is 0 Å². The molecular weight excluding hydrogens is 289 g/mol. The second-order valence-corrected chi connectivity index (χ2v) is 4.67. The number of anilines is 1. The molecule has 0 saturated carbocycles. The third kappa shape index (κ3) is 3.55. The van der Waals surface area contributed by atoms with E-state index in [0.29, 0.717) is 17.3 Å². The van der Waals surface area contributed by atoms with Crippen molar-refractivity contribution in [3.63, 3.8) is 0 Å². The zero-order valence-corrected chi connectivity index (χ0v) is 12.7. The molecule has 0 atom stereocenters. The van der Waals surface area contributed by atoms with Crippen molar-refractivity contribution in [2.24, 2.45) is 7.05 Å². The highest BCUT2D eigenvalue weighted by Gasteiger charge is 2.16.